The summed E-state index contributed by atoms with van der Waals surface area (Å²) in [6.45, 7) is 27.4. The maximum absolute atomic E-state index is 13.0. The van der Waals surface area contributed by atoms with E-state index < -0.39 is 76.8 Å². The molecule has 4 atom stereocenters. The average Bonchev–Trinajstić information content (AvgIpc) is 3.05. The van der Waals surface area contributed by atoms with Crippen molar-refractivity contribution in [2.45, 2.75) is 116 Å². The summed E-state index contributed by atoms with van der Waals surface area (Å²) in [4.78, 5) is 0. The molecule has 2 aliphatic carbocycles. The summed E-state index contributed by atoms with van der Waals surface area (Å²) in [5.41, 5.74) is -6.37. The molecule has 2 aliphatic rings. The topological polar surface area (TPSA) is 146 Å². The Morgan fingerprint density at radius 3 is 1.25 bits per heavy atom. The zero-order valence-electron chi connectivity index (χ0n) is 36.7. The van der Waals surface area contributed by atoms with E-state index in [1.165, 1.54) is 17.7 Å². The standard InChI is InChI=1S/C23H35F3O5SSi2.C17H19F3O5S.CH2Cl2/c1-15(2)18-11-10-16(3)12-19(18)22-20(30-33(4,5)6)13-17(14-21(22)31-34(7,8)9)29-32(27,28)23(24,25)26;1-9(2)12-5-4-10(3)6-13(12)16-14(21)7-11(8-15(16)22)25-26(23,24)17(18,19)20;2-1-3/h12-14,18-19H,1,10-11H2,2-9H3;6-8,12-13,21-22H,1,4-5H2,2-3H3;1H2/t18-,19-;12-,13-;/m11./s1. The van der Waals surface area contributed by atoms with Gasteiger partial charge in [0.25, 0.3) is 0 Å². The fourth-order valence-electron chi connectivity index (χ4n) is 6.93. The van der Waals surface area contributed by atoms with Crippen molar-refractivity contribution in [3.8, 4) is 34.5 Å². The minimum absolute atomic E-state index is 0.0716. The van der Waals surface area contributed by atoms with E-state index in [4.69, 9.17) is 32.1 Å². The molecule has 0 aromatic heterocycles. The first kappa shape index (κ1) is 55.8. The Kier molecular flexibility index (Phi) is 18.9. The third-order valence-electron chi connectivity index (χ3n) is 9.43. The third-order valence-corrected chi connectivity index (χ3v) is 13.0. The van der Waals surface area contributed by atoms with E-state index >= 15 is 0 Å². The summed E-state index contributed by atoms with van der Waals surface area (Å²) in [5, 5.41) is 20.7. The summed E-state index contributed by atoms with van der Waals surface area (Å²) < 4.78 is 143. The van der Waals surface area contributed by atoms with Crippen molar-refractivity contribution in [3.05, 3.63) is 83.0 Å². The molecule has 356 valence electrons. The largest absolute Gasteiger partial charge is 0.544 e. The minimum Gasteiger partial charge on any atom is -0.544 e. The van der Waals surface area contributed by atoms with Crippen LogP contribution in [0, 0.1) is 11.8 Å². The molecular formula is C41H56Cl2F6O10S2Si2. The van der Waals surface area contributed by atoms with E-state index in [0.29, 0.717) is 5.56 Å². The molecule has 2 aromatic rings. The molecule has 0 spiro atoms. The number of hydrogen-bond donors (Lipinski definition) is 2. The van der Waals surface area contributed by atoms with Gasteiger partial charge in [-0.05, 0) is 104 Å². The lowest BCUT2D eigenvalue weighted by Crippen LogP contribution is -2.33. The second-order valence-electron chi connectivity index (χ2n) is 17.3. The van der Waals surface area contributed by atoms with Crippen molar-refractivity contribution in [1.29, 1.82) is 0 Å². The predicted octanol–water partition coefficient (Wildman–Crippen LogP) is 13.1. The number of aromatic hydroxyl groups is 2. The number of benzene rings is 2. The molecule has 0 saturated heterocycles. The second-order valence-corrected chi connectivity index (χ2v) is 30.0. The first-order valence-electron chi connectivity index (χ1n) is 19.4. The molecule has 0 aliphatic heterocycles. The molecule has 0 radical (unpaired) electrons. The number of alkyl halides is 8. The van der Waals surface area contributed by atoms with Gasteiger partial charge < -0.3 is 27.4 Å². The van der Waals surface area contributed by atoms with Gasteiger partial charge in [-0.3, -0.25) is 0 Å². The van der Waals surface area contributed by atoms with Crippen LogP contribution in [0.2, 0.25) is 39.3 Å². The lowest BCUT2D eigenvalue weighted by atomic mass is 9.74. The van der Waals surface area contributed by atoms with E-state index in [1.54, 1.807) is 0 Å². The van der Waals surface area contributed by atoms with Crippen LogP contribution in [0.4, 0.5) is 26.3 Å². The molecule has 2 N–H and O–H groups in total. The van der Waals surface area contributed by atoms with Crippen LogP contribution in [-0.4, -0.2) is 60.0 Å². The van der Waals surface area contributed by atoms with Crippen molar-refractivity contribution >= 4 is 60.1 Å². The SMILES string of the molecule is C=C(C)[C@H]1CCC(C)=C[C@H]1c1c(O)cc(OS(=O)(=O)C(F)(F)F)cc1O.C=C(C)[C@H]1CCC(C)=C[C@H]1c1c(O[Si](C)(C)C)cc(OS(=O)(=O)C(F)(F)F)cc1O[Si](C)(C)C.ClCCl. The van der Waals surface area contributed by atoms with Gasteiger partial charge in [0.05, 0.1) is 5.34 Å². The van der Waals surface area contributed by atoms with Crippen molar-refractivity contribution in [1.82, 2.24) is 0 Å². The average molecular weight is 1010 g/mol. The highest BCUT2D eigenvalue weighted by Crippen LogP contribution is 2.50. The molecule has 2 aromatic carbocycles. The molecule has 0 saturated carbocycles. The smallest absolute Gasteiger partial charge is 0.534 e. The van der Waals surface area contributed by atoms with E-state index in [9.17, 15) is 53.4 Å². The van der Waals surface area contributed by atoms with Gasteiger partial charge in [0, 0.05) is 47.2 Å². The lowest BCUT2D eigenvalue weighted by Gasteiger charge is -2.35. The quantitative estimate of drug-likeness (QED) is 0.0526. The monoisotopic (exact) mass is 1010 g/mol. The van der Waals surface area contributed by atoms with Crippen LogP contribution in [-0.2, 0) is 20.2 Å². The molecule has 0 amide bonds. The molecule has 4 rings (SSSR count). The molecule has 10 nitrogen and oxygen atoms in total. The number of rotatable bonds is 12. The Bertz CT molecular complexity index is 2210. The maximum Gasteiger partial charge on any atom is 0.534 e. The molecule has 0 bridgehead atoms. The zero-order chi connectivity index (χ0) is 48.8. The predicted molar refractivity (Wildman–Crippen MR) is 240 cm³/mol. The first-order valence-corrected chi connectivity index (χ1v) is 30.1. The fourth-order valence-corrected chi connectivity index (χ4v) is 9.48. The minimum atomic E-state index is -5.90. The summed E-state index contributed by atoms with van der Waals surface area (Å²) in [6, 6.07) is 3.96. The van der Waals surface area contributed by atoms with Crippen molar-refractivity contribution in [2.75, 3.05) is 5.34 Å². The number of hydrogen-bond acceptors (Lipinski definition) is 10. The Morgan fingerprint density at radius 1 is 0.667 bits per heavy atom. The molecular weight excluding hydrogens is 958 g/mol. The summed E-state index contributed by atoms with van der Waals surface area (Å²) in [7, 11) is -16.3. The van der Waals surface area contributed by atoms with Gasteiger partial charge >= 0.3 is 31.3 Å². The van der Waals surface area contributed by atoms with Gasteiger partial charge in [-0.2, -0.15) is 43.2 Å². The van der Waals surface area contributed by atoms with Crippen LogP contribution in [0.25, 0.3) is 0 Å². The van der Waals surface area contributed by atoms with E-state index in [-0.39, 0.29) is 40.2 Å². The van der Waals surface area contributed by atoms with Crippen molar-refractivity contribution in [3.63, 3.8) is 0 Å². The van der Waals surface area contributed by atoms with Gasteiger partial charge in [-0.1, -0.05) is 47.6 Å². The van der Waals surface area contributed by atoms with Gasteiger partial charge in [0.1, 0.15) is 34.5 Å². The maximum atomic E-state index is 13.0. The molecule has 0 heterocycles. The van der Waals surface area contributed by atoms with Gasteiger partial charge in [0.15, 0.2) is 0 Å². The van der Waals surface area contributed by atoms with Gasteiger partial charge in [-0.25, -0.2) is 0 Å². The highest BCUT2D eigenvalue weighted by atomic mass is 35.5. The number of phenols is 2. The number of halogens is 8. The first-order chi connectivity index (χ1) is 28.4. The molecule has 63 heavy (non-hydrogen) atoms. The lowest BCUT2D eigenvalue weighted by molar-refractivity contribution is -0.0504. The van der Waals surface area contributed by atoms with E-state index in [1.807, 2.05) is 73.1 Å². The van der Waals surface area contributed by atoms with E-state index in [2.05, 4.69) is 27.6 Å². The van der Waals surface area contributed by atoms with Gasteiger partial charge in [-0.15, -0.1) is 23.2 Å². The summed E-state index contributed by atoms with van der Waals surface area (Å²) >= 11 is 9.53. The normalized spacial score (nSPS) is 19.8. The Hall–Kier alpha value is -3.31. The molecule has 0 unspecified atom stereocenters. The van der Waals surface area contributed by atoms with Crippen molar-refractivity contribution in [2.24, 2.45) is 11.8 Å². The zero-order valence-corrected chi connectivity index (χ0v) is 41.9. The fraction of sp³-hybridized carbons (Fsp3) is 0.512. The van der Waals surface area contributed by atoms with Crippen molar-refractivity contribution < 1.29 is 70.6 Å². The highest BCUT2D eigenvalue weighted by molar-refractivity contribution is 7.88. The van der Waals surface area contributed by atoms with Crippen LogP contribution in [0.15, 0.2) is 71.9 Å². The van der Waals surface area contributed by atoms with Crippen LogP contribution in [0.5, 0.6) is 34.5 Å². The second kappa shape index (κ2) is 21.3. The third kappa shape index (κ3) is 16.0. The van der Waals surface area contributed by atoms with Crippen LogP contribution in [0.3, 0.4) is 0 Å². The summed E-state index contributed by atoms with van der Waals surface area (Å²) in [5.74, 6) is -2.50. The Labute approximate surface area is 379 Å². The number of allylic oxidation sites excluding steroid dienone is 6. The molecule has 22 heteroatoms. The van der Waals surface area contributed by atoms with Gasteiger partial charge in [0.2, 0.25) is 16.6 Å². The molecule has 0 fully saturated rings. The van der Waals surface area contributed by atoms with Crippen LogP contribution >= 0.6 is 23.2 Å². The highest BCUT2D eigenvalue weighted by Gasteiger charge is 2.50. The van der Waals surface area contributed by atoms with Crippen LogP contribution < -0.4 is 17.2 Å². The van der Waals surface area contributed by atoms with E-state index in [0.717, 1.165) is 54.5 Å². The number of phenolic OH excluding ortho intramolecular Hbond substituents is 2. The van der Waals surface area contributed by atoms with Crippen LogP contribution in [0.1, 0.15) is 76.3 Å². The Balaban J connectivity index is 0.000000420. The summed E-state index contributed by atoms with van der Waals surface area (Å²) in [6.07, 6.45) is 7.31. The Morgan fingerprint density at radius 2 is 0.968 bits per heavy atom.